The maximum absolute atomic E-state index is 12.9. The molecule has 4 nitrogen and oxygen atoms in total. The van der Waals surface area contributed by atoms with Gasteiger partial charge in [0.15, 0.2) is 11.6 Å². The van der Waals surface area contributed by atoms with E-state index in [1.165, 1.54) is 6.08 Å². The molecule has 0 radical (unpaired) electrons. The van der Waals surface area contributed by atoms with E-state index in [2.05, 4.69) is 5.32 Å². The van der Waals surface area contributed by atoms with Gasteiger partial charge < -0.3 is 5.32 Å². The van der Waals surface area contributed by atoms with Crippen LogP contribution in [0.4, 0.5) is 5.69 Å². The lowest BCUT2D eigenvalue weighted by atomic mass is 9.83. The lowest BCUT2D eigenvalue weighted by Gasteiger charge is -2.20. The first kappa shape index (κ1) is 16.7. The first-order valence-corrected chi connectivity index (χ1v) is 8.51. The summed E-state index contributed by atoms with van der Waals surface area (Å²) in [5.74, 6) is -0.842. The predicted octanol–water partition coefficient (Wildman–Crippen LogP) is 4.11. The summed E-state index contributed by atoms with van der Waals surface area (Å²) in [6.45, 7) is 0. The average Bonchev–Trinajstić information content (AvgIpc) is 2.71. The molecule has 0 bridgehead atoms. The number of hydrogen-bond acceptors (Lipinski definition) is 3. The highest BCUT2D eigenvalue weighted by Gasteiger charge is 2.31. The van der Waals surface area contributed by atoms with Crippen molar-refractivity contribution in [1.29, 1.82) is 0 Å². The molecule has 0 spiro atoms. The third kappa shape index (κ3) is 3.09. The van der Waals surface area contributed by atoms with Gasteiger partial charge in [0.05, 0.1) is 11.3 Å². The smallest absolute Gasteiger partial charge is 0.248 e. The Morgan fingerprint density at radius 1 is 0.704 bits per heavy atom. The van der Waals surface area contributed by atoms with Gasteiger partial charge in [-0.25, -0.2) is 0 Å². The number of benzene rings is 3. The molecule has 1 aliphatic carbocycles. The van der Waals surface area contributed by atoms with E-state index in [1.807, 2.05) is 30.3 Å². The Bertz CT molecular complexity index is 1100. The van der Waals surface area contributed by atoms with E-state index in [9.17, 15) is 14.4 Å². The van der Waals surface area contributed by atoms with E-state index in [0.717, 1.165) is 5.56 Å². The van der Waals surface area contributed by atoms with Crippen LogP contribution in [0.25, 0.3) is 6.08 Å². The molecule has 3 aromatic rings. The zero-order chi connectivity index (χ0) is 18.8. The number of nitrogens with one attached hydrogen (secondary N) is 1. The van der Waals surface area contributed by atoms with Crippen molar-refractivity contribution in [3.63, 3.8) is 0 Å². The number of ketones is 2. The summed E-state index contributed by atoms with van der Waals surface area (Å²) >= 11 is 0. The van der Waals surface area contributed by atoms with Crippen LogP contribution in [-0.2, 0) is 4.79 Å². The third-order valence-corrected chi connectivity index (χ3v) is 4.44. The van der Waals surface area contributed by atoms with Crippen LogP contribution in [0.1, 0.15) is 37.4 Å². The zero-order valence-electron chi connectivity index (χ0n) is 14.3. The van der Waals surface area contributed by atoms with E-state index >= 15 is 0 Å². The quantitative estimate of drug-likeness (QED) is 0.564. The standard InChI is InChI=1S/C23H15NO3/c25-20(14-13-15-7-2-1-3-8-15)24-19-12-6-11-18-21(19)23(27)17-10-5-4-9-16(17)22(18)26/h1-14H,(H,24,25). The molecule has 27 heavy (non-hydrogen) atoms. The van der Waals surface area contributed by atoms with Crippen LogP contribution < -0.4 is 5.32 Å². The van der Waals surface area contributed by atoms with Gasteiger partial charge in [0, 0.05) is 22.8 Å². The summed E-state index contributed by atoms with van der Waals surface area (Å²) in [4.78, 5) is 37.9. The molecule has 4 heteroatoms. The number of amides is 1. The van der Waals surface area contributed by atoms with E-state index in [-0.39, 0.29) is 23.0 Å². The van der Waals surface area contributed by atoms with E-state index < -0.39 is 0 Å². The Balaban J connectivity index is 1.66. The van der Waals surface area contributed by atoms with Crippen molar-refractivity contribution in [1.82, 2.24) is 0 Å². The van der Waals surface area contributed by atoms with Crippen LogP contribution >= 0.6 is 0 Å². The molecule has 0 saturated heterocycles. The SMILES string of the molecule is O=C(C=Cc1ccccc1)Nc1cccc2c1C(=O)c1ccccc1C2=O. The van der Waals surface area contributed by atoms with Crippen LogP contribution in [0.5, 0.6) is 0 Å². The fourth-order valence-electron chi connectivity index (χ4n) is 3.16. The number of anilines is 1. The fraction of sp³-hybridized carbons (Fsp3) is 0. The Kier molecular flexibility index (Phi) is 4.22. The minimum absolute atomic E-state index is 0.212. The molecule has 1 amide bonds. The van der Waals surface area contributed by atoms with Gasteiger partial charge >= 0.3 is 0 Å². The van der Waals surface area contributed by atoms with E-state index in [1.54, 1.807) is 48.5 Å². The van der Waals surface area contributed by atoms with Gasteiger partial charge in [-0.2, -0.15) is 0 Å². The second-order valence-corrected chi connectivity index (χ2v) is 6.17. The Morgan fingerprint density at radius 2 is 1.33 bits per heavy atom. The maximum Gasteiger partial charge on any atom is 0.248 e. The first-order chi connectivity index (χ1) is 13.1. The van der Waals surface area contributed by atoms with Crippen LogP contribution in [-0.4, -0.2) is 17.5 Å². The minimum atomic E-state index is -0.369. The lowest BCUT2D eigenvalue weighted by Crippen LogP contribution is -2.23. The van der Waals surface area contributed by atoms with Gasteiger partial charge in [0.1, 0.15) is 0 Å². The molecule has 0 heterocycles. The topological polar surface area (TPSA) is 63.2 Å². The first-order valence-electron chi connectivity index (χ1n) is 8.51. The van der Waals surface area contributed by atoms with Crippen molar-refractivity contribution in [3.8, 4) is 0 Å². The van der Waals surface area contributed by atoms with E-state index in [0.29, 0.717) is 22.4 Å². The highest BCUT2D eigenvalue weighted by atomic mass is 16.2. The molecule has 0 aliphatic heterocycles. The van der Waals surface area contributed by atoms with Crippen molar-refractivity contribution in [3.05, 3.63) is 107 Å². The van der Waals surface area contributed by atoms with Gasteiger partial charge in [0.25, 0.3) is 0 Å². The molecule has 0 saturated carbocycles. The summed E-state index contributed by atoms with van der Waals surface area (Å²) in [7, 11) is 0. The van der Waals surface area contributed by atoms with Crippen molar-refractivity contribution >= 4 is 29.2 Å². The molecule has 0 atom stereocenters. The minimum Gasteiger partial charge on any atom is -0.322 e. The fourth-order valence-corrected chi connectivity index (χ4v) is 3.16. The molecule has 0 fully saturated rings. The number of carbonyl (C=O) groups excluding carboxylic acids is 3. The molecule has 3 aromatic carbocycles. The summed E-state index contributed by atoms with van der Waals surface area (Å²) < 4.78 is 0. The lowest BCUT2D eigenvalue weighted by molar-refractivity contribution is -0.111. The average molecular weight is 353 g/mol. The van der Waals surface area contributed by atoms with Gasteiger partial charge in [-0.15, -0.1) is 0 Å². The third-order valence-electron chi connectivity index (χ3n) is 4.44. The van der Waals surface area contributed by atoms with Gasteiger partial charge in [0.2, 0.25) is 5.91 Å². The highest BCUT2D eigenvalue weighted by molar-refractivity contribution is 6.30. The molecule has 0 unspecified atom stereocenters. The zero-order valence-corrected chi connectivity index (χ0v) is 14.3. The summed E-state index contributed by atoms with van der Waals surface area (Å²) in [5, 5.41) is 2.72. The van der Waals surface area contributed by atoms with Crippen molar-refractivity contribution < 1.29 is 14.4 Å². The summed E-state index contributed by atoms with van der Waals surface area (Å²) in [6.07, 6.45) is 3.09. The van der Waals surface area contributed by atoms with Gasteiger partial charge in [-0.1, -0.05) is 66.7 Å². The highest BCUT2D eigenvalue weighted by Crippen LogP contribution is 2.31. The predicted molar refractivity (Wildman–Crippen MR) is 104 cm³/mol. The monoisotopic (exact) mass is 353 g/mol. The van der Waals surface area contributed by atoms with Crippen LogP contribution in [0.15, 0.2) is 78.9 Å². The Morgan fingerprint density at radius 3 is 2.07 bits per heavy atom. The molecule has 0 aromatic heterocycles. The van der Waals surface area contributed by atoms with Crippen LogP contribution in [0, 0.1) is 0 Å². The van der Waals surface area contributed by atoms with Gasteiger partial charge in [-0.3, -0.25) is 14.4 Å². The van der Waals surface area contributed by atoms with Crippen molar-refractivity contribution in [2.45, 2.75) is 0 Å². The second-order valence-electron chi connectivity index (χ2n) is 6.17. The summed E-state index contributed by atoms with van der Waals surface area (Å²) in [5.41, 5.74) is 2.52. The van der Waals surface area contributed by atoms with Gasteiger partial charge in [-0.05, 0) is 17.7 Å². The second kappa shape index (κ2) is 6.84. The number of hydrogen-bond donors (Lipinski definition) is 1. The number of rotatable bonds is 3. The molecule has 1 N–H and O–H groups in total. The number of fused-ring (bicyclic) bond motifs is 2. The molecular weight excluding hydrogens is 338 g/mol. The molecule has 130 valence electrons. The van der Waals surface area contributed by atoms with Crippen molar-refractivity contribution in [2.24, 2.45) is 0 Å². The Hall–Kier alpha value is -3.79. The largest absolute Gasteiger partial charge is 0.322 e. The van der Waals surface area contributed by atoms with E-state index in [4.69, 9.17) is 0 Å². The van der Waals surface area contributed by atoms with Crippen LogP contribution in [0.2, 0.25) is 0 Å². The maximum atomic E-state index is 12.9. The number of carbonyl (C=O) groups is 3. The molecule has 4 rings (SSSR count). The van der Waals surface area contributed by atoms with Crippen LogP contribution in [0.3, 0.4) is 0 Å². The Labute approximate surface area is 156 Å². The molecule has 1 aliphatic rings. The normalized spacial score (nSPS) is 12.6. The van der Waals surface area contributed by atoms with Crippen molar-refractivity contribution in [2.75, 3.05) is 5.32 Å². The molecular formula is C23H15NO3. The summed E-state index contributed by atoms with van der Waals surface area (Å²) in [6, 6.07) is 21.1.